The van der Waals surface area contributed by atoms with Crippen LogP contribution in [0.4, 0.5) is 0 Å². The van der Waals surface area contributed by atoms with Gasteiger partial charge in [-0.3, -0.25) is 0 Å². The molecule has 1 saturated carbocycles. The molecule has 0 heterocycles. The SMILES string of the molecule is COCCCS(=O)(=O)N[C@H]1CCCC[C@@H]1O. The topological polar surface area (TPSA) is 75.6 Å². The number of methoxy groups -OCH3 is 1. The normalized spacial score (nSPS) is 26.9. The Balaban J connectivity index is 2.38. The summed E-state index contributed by atoms with van der Waals surface area (Å²) in [5.74, 6) is 0.0596. The summed E-state index contributed by atoms with van der Waals surface area (Å²) in [6, 6.07) is -0.304. The maximum atomic E-state index is 11.6. The number of nitrogens with one attached hydrogen (secondary N) is 1. The third-order valence-corrected chi connectivity index (χ3v) is 4.31. The van der Waals surface area contributed by atoms with Crippen molar-refractivity contribution in [2.24, 2.45) is 0 Å². The van der Waals surface area contributed by atoms with E-state index in [1.807, 2.05) is 0 Å². The minimum Gasteiger partial charge on any atom is -0.391 e. The van der Waals surface area contributed by atoms with Gasteiger partial charge in [0, 0.05) is 19.8 Å². The van der Waals surface area contributed by atoms with Crippen LogP contribution < -0.4 is 4.72 Å². The summed E-state index contributed by atoms with van der Waals surface area (Å²) in [5, 5.41) is 9.65. The van der Waals surface area contributed by atoms with E-state index in [0.29, 0.717) is 19.4 Å². The second kappa shape index (κ2) is 6.54. The molecule has 16 heavy (non-hydrogen) atoms. The van der Waals surface area contributed by atoms with Crippen LogP contribution in [-0.2, 0) is 14.8 Å². The van der Waals surface area contributed by atoms with Gasteiger partial charge in [-0.2, -0.15) is 0 Å². The minimum atomic E-state index is -3.28. The van der Waals surface area contributed by atoms with Gasteiger partial charge in [-0.1, -0.05) is 12.8 Å². The standard InChI is InChI=1S/C10H21NO4S/c1-15-7-4-8-16(13,14)11-9-5-2-3-6-10(9)12/h9-12H,2-8H2,1H3/t9-,10-/m0/s1. The average molecular weight is 251 g/mol. The van der Waals surface area contributed by atoms with Gasteiger partial charge in [0.05, 0.1) is 11.9 Å². The Morgan fingerprint density at radius 1 is 1.38 bits per heavy atom. The first-order valence-electron chi connectivity index (χ1n) is 5.72. The van der Waals surface area contributed by atoms with E-state index in [9.17, 15) is 13.5 Å². The highest BCUT2D eigenvalue weighted by atomic mass is 32.2. The number of hydrogen-bond acceptors (Lipinski definition) is 4. The number of rotatable bonds is 6. The molecule has 0 bridgehead atoms. The van der Waals surface area contributed by atoms with Gasteiger partial charge in [-0.15, -0.1) is 0 Å². The summed E-state index contributed by atoms with van der Waals surface area (Å²) < 4.78 is 30.7. The molecule has 96 valence electrons. The lowest BCUT2D eigenvalue weighted by Crippen LogP contribution is -2.45. The monoisotopic (exact) mass is 251 g/mol. The van der Waals surface area contributed by atoms with Crippen molar-refractivity contribution in [2.45, 2.75) is 44.2 Å². The fourth-order valence-electron chi connectivity index (χ4n) is 1.93. The molecule has 1 aliphatic rings. The van der Waals surface area contributed by atoms with E-state index in [-0.39, 0.29) is 11.8 Å². The van der Waals surface area contributed by atoms with Crippen molar-refractivity contribution < 1.29 is 18.3 Å². The predicted octanol–water partition coefficient (Wildman–Crippen LogP) is 0.246. The lowest BCUT2D eigenvalue weighted by molar-refractivity contribution is 0.101. The maximum absolute atomic E-state index is 11.6. The van der Waals surface area contributed by atoms with Gasteiger partial charge in [0.15, 0.2) is 0 Å². The summed E-state index contributed by atoms with van der Waals surface area (Å²) in [5.41, 5.74) is 0. The fourth-order valence-corrected chi connectivity index (χ4v) is 3.28. The number of hydrogen-bond donors (Lipinski definition) is 2. The molecule has 0 aliphatic heterocycles. The van der Waals surface area contributed by atoms with Crippen molar-refractivity contribution in [3.63, 3.8) is 0 Å². The molecule has 5 nitrogen and oxygen atoms in total. The van der Waals surface area contributed by atoms with E-state index in [4.69, 9.17) is 4.74 Å². The van der Waals surface area contributed by atoms with Crippen LogP contribution in [0.3, 0.4) is 0 Å². The number of aliphatic hydroxyl groups is 1. The molecule has 0 radical (unpaired) electrons. The van der Waals surface area contributed by atoms with Gasteiger partial charge in [0.2, 0.25) is 10.0 Å². The van der Waals surface area contributed by atoms with Crippen LogP contribution >= 0.6 is 0 Å². The molecular formula is C10H21NO4S. The zero-order valence-electron chi connectivity index (χ0n) is 9.68. The van der Waals surface area contributed by atoms with Crippen molar-refractivity contribution in [3.8, 4) is 0 Å². The molecular weight excluding hydrogens is 230 g/mol. The van der Waals surface area contributed by atoms with Crippen molar-refractivity contribution >= 4 is 10.0 Å². The van der Waals surface area contributed by atoms with E-state index in [1.165, 1.54) is 0 Å². The summed E-state index contributed by atoms with van der Waals surface area (Å²) in [4.78, 5) is 0. The highest BCUT2D eigenvalue weighted by molar-refractivity contribution is 7.89. The predicted molar refractivity (Wildman–Crippen MR) is 61.7 cm³/mol. The van der Waals surface area contributed by atoms with Crippen LogP contribution in [-0.4, -0.2) is 45.1 Å². The third kappa shape index (κ3) is 4.78. The van der Waals surface area contributed by atoms with E-state index < -0.39 is 16.1 Å². The Morgan fingerprint density at radius 2 is 2.06 bits per heavy atom. The molecule has 6 heteroatoms. The second-order valence-corrected chi connectivity index (χ2v) is 6.11. The van der Waals surface area contributed by atoms with Gasteiger partial charge >= 0.3 is 0 Å². The molecule has 1 aliphatic carbocycles. The highest BCUT2D eigenvalue weighted by Gasteiger charge is 2.26. The molecule has 1 fully saturated rings. The van der Waals surface area contributed by atoms with Crippen LogP contribution in [0, 0.1) is 0 Å². The quantitative estimate of drug-likeness (QED) is 0.663. The van der Waals surface area contributed by atoms with Gasteiger partial charge < -0.3 is 9.84 Å². The van der Waals surface area contributed by atoms with Crippen LogP contribution in [0.15, 0.2) is 0 Å². The number of ether oxygens (including phenoxy) is 1. The van der Waals surface area contributed by atoms with Crippen LogP contribution in [0.25, 0.3) is 0 Å². The Kier molecular flexibility index (Phi) is 5.68. The summed E-state index contributed by atoms with van der Waals surface area (Å²) in [6.07, 6.45) is 3.31. The fraction of sp³-hybridized carbons (Fsp3) is 1.00. The summed E-state index contributed by atoms with van der Waals surface area (Å²) >= 11 is 0. The smallest absolute Gasteiger partial charge is 0.212 e. The van der Waals surface area contributed by atoms with Crippen LogP contribution in [0.2, 0.25) is 0 Å². The molecule has 0 aromatic rings. The summed E-state index contributed by atoms with van der Waals surface area (Å²) in [7, 11) is -1.73. The first kappa shape index (κ1) is 13.9. The van der Waals surface area contributed by atoms with Crippen molar-refractivity contribution in [2.75, 3.05) is 19.5 Å². The Hall–Kier alpha value is -0.170. The maximum Gasteiger partial charge on any atom is 0.212 e. The first-order valence-corrected chi connectivity index (χ1v) is 7.37. The van der Waals surface area contributed by atoms with E-state index in [2.05, 4.69) is 4.72 Å². The minimum absolute atomic E-state index is 0.0596. The van der Waals surface area contributed by atoms with Gasteiger partial charge in [-0.05, 0) is 19.3 Å². The van der Waals surface area contributed by atoms with Crippen LogP contribution in [0.5, 0.6) is 0 Å². The van der Waals surface area contributed by atoms with E-state index >= 15 is 0 Å². The molecule has 1 rings (SSSR count). The summed E-state index contributed by atoms with van der Waals surface area (Å²) in [6.45, 7) is 0.439. The zero-order chi connectivity index (χ0) is 12.0. The molecule has 0 aromatic carbocycles. The molecule has 0 spiro atoms. The average Bonchev–Trinajstić information content (AvgIpc) is 2.21. The Morgan fingerprint density at radius 3 is 2.69 bits per heavy atom. The van der Waals surface area contributed by atoms with Crippen LogP contribution in [0.1, 0.15) is 32.1 Å². The van der Waals surface area contributed by atoms with Gasteiger partial charge in [-0.25, -0.2) is 13.1 Å². The van der Waals surface area contributed by atoms with Crippen molar-refractivity contribution in [1.29, 1.82) is 0 Å². The molecule has 0 unspecified atom stereocenters. The lowest BCUT2D eigenvalue weighted by Gasteiger charge is -2.28. The Labute approximate surface area is 97.2 Å². The zero-order valence-corrected chi connectivity index (χ0v) is 10.5. The van der Waals surface area contributed by atoms with E-state index in [0.717, 1.165) is 19.3 Å². The lowest BCUT2D eigenvalue weighted by atomic mass is 9.93. The molecule has 0 amide bonds. The first-order chi connectivity index (χ1) is 7.55. The van der Waals surface area contributed by atoms with Crippen molar-refractivity contribution in [1.82, 2.24) is 4.72 Å². The van der Waals surface area contributed by atoms with E-state index in [1.54, 1.807) is 7.11 Å². The van der Waals surface area contributed by atoms with Gasteiger partial charge in [0.1, 0.15) is 0 Å². The molecule has 2 atom stereocenters. The highest BCUT2D eigenvalue weighted by Crippen LogP contribution is 2.19. The third-order valence-electron chi connectivity index (χ3n) is 2.82. The Bertz CT molecular complexity index is 291. The second-order valence-electron chi connectivity index (χ2n) is 4.24. The number of aliphatic hydroxyl groups excluding tert-OH is 1. The van der Waals surface area contributed by atoms with Crippen molar-refractivity contribution in [3.05, 3.63) is 0 Å². The largest absolute Gasteiger partial charge is 0.391 e. The molecule has 0 saturated heterocycles. The molecule has 2 N–H and O–H groups in total. The number of sulfonamides is 1. The molecule has 0 aromatic heterocycles. The van der Waals surface area contributed by atoms with Gasteiger partial charge in [0.25, 0.3) is 0 Å².